The number of sulfonamides is 1. The van der Waals surface area contributed by atoms with E-state index in [1.807, 2.05) is 0 Å². The molecule has 0 spiro atoms. The molecule has 1 unspecified atom stereocenters. The van der Waals surface area contributed by atoms with E-state index in [4.69, 9.17) is 0 Å². The van der Waals surface area contributed by atoms with Gasteiger partial charge < -0.3 is 10.6 Å². The molecule has 1 aromatic carbocycles. The van der Waals surface area contributed by atoms with E-state index in [-0.39, 0.29) is 42.3 Å². The molecule has 0 saturated carbocycles. The molecule has 2 rings (SSSR count). The summed E-state index contributed by atoms with van der Waals surface area (Å²) in [6.45, 7) is 1.32. The Morgan fingerprint density at radius 1 is 1.18 bits per heavy atom. The lowest BCUT2D eigenvalue weighted by Crippen LogP contribution is -2.48. The first-order chi connectivity index (χ1) is 10.1. The molecule has 1 aliphatic heterocycles. The minimum absolute atomic E-state index is 0. The number of piperidine rings is 1. The van der Waals surface area contributed by atoms with Crippen LogP contribution in [-0.4, -0.2) is 40.0 Å². The first-order valence-electron chi connectivity index (χ1n) is 7.15. The average molecular weight is 348 g/mol. The zero-order chi connectivity index (χ0) is 15.1. The number of halogens is 1. The summed E-state index contributed by atoms with van der Waals surface area (Å²) in [6.07, 6.45) is 2.98. The Morgan fingerprint density at radius 2 is 1.91 bits per heavy atom. The molecule has 1 heterocycles. The Hall–Kier alpha value is -1.15. The lowest BCUT2D eigenvalue weighted by Gasteiger charge is -2.22. The van der Waals surface area contributed by atoms with Gasteiger partial charge in [0.2, 0.25) is 15.9 Å². The van der Waals surface area contributed by atoms with Crippen molar-refractivity contribution in [2.24, 2.45) is 0 Å². The standard InChI is InChI=1S/C14H21N3O3S.ClH/c18-14(13-8-4-5-9-15-13)16-10-11-17-21(19,20)12-6-2-1-3-7-12;/h1-3,6-7,13,15,17H,4-5,8-11H2,(H,16,18);1H. The molecule has 1 amide bonds. The van der Waals surface area contributed by atoms with Crippen molar-refractivity contribution in [3.05, 3.63) is 30.3 Å². The molecule has 0 radical (unpaired) electrons. The monoisotopic (exact) mass is 347 g/mol. The van der Waals surface area contributed by atoms with E-state index in [2.05, 4.69) is 15.4 Å². The van der Waals surface area contributed by atoms with E-state index in [1.54, 1.807) is 18.2 Å². The molecule has 1 fully saturated rings. The normalized spacial score (nSPS) is 18.3. The highest BCUT2D eigenvalue weighted by molar-refractivity contribution is 7.89. The van der Waals surface area contributed by atoms with Crippen LogP contribution < -0.4 is 15.4 Å². The van der Waals surface area contributed by atoms with Gasteiger partial charge in [0.15, 0.2) is 0 Å². The van der Waals surface area contributed by atoms with Crippen molar-refractivity contribution >= 4 is 28.3 Å². The summed E-state index contributed by atoms with van der Waals surface area (Å²) < 4.78 is 26.4. The van der Waals surface area contributed by atoms with E-state index < -0.39 is 10.0 Å². The van der Waals surface area contributed by atoms with Crippen molar-refractivity contribution in [2.75, 3.05) is 19.6 Å². The molecule has 0 aromatic heterocycles. The van der Waals surface area contributed by atoms with E-state index in [9.17, 15) is 13.2 Å². The fraction of sp³-hybridized carbons (Fsp3) is 0.500. The van der Waals surface area contributed by atoms with Gasteiger partial charge in [0.05, 0.1) is 10.9 Å². The molecule has 8 heteroatoms. The summed E-state index contributed by atoms with van der Waals surface area (Å²) in [5.41, 5.74) is 0. The summed E-state index contributed by atoms with van der Waals surface area (Å²) in [5.74, 6) is -0.0615. The number of hydrogen-bond acceptors (Lipinski definition) is 4. The van der Waals surface area contributed by atoms with E-state index in [1.165, 1.54) is 12.1 Å². The Balaban J connectivity index is 0.00000242. The highest BCUT2D eigenvalue weighted by Crippen LogP contribution is 2.07. The molecule has 1 saturated heterocycles. The number of carbonyl (C=O) groups is 1. The van der Waals surface area contributed by atoms with E-state index in [0.717, 1.165) is 25.8 Å². The van der Waals surface area contributed by atoms with Gasteiger partial charge in [0, 0.05) is 13.1 Å². The Labute approximate surface area is 137 Å². The van der Waals surface area contributed by atoms with Crippen LogP contribution in [0.2, 0.25) is 0 Å². The highest BCUT2D eigenvalue weighted by Gasteiger charge is 2.20. The van der Waals surface area contributed by atoms with Crippen LogP contribution in [0.25, 0.3) is 0 Å². The number of rotatable bonds is 6. The van der Waals surface area contributed by atoms with Crippen LogP contribution in [0.1, 0.15) is 19.3 Å². The van der Waals surface area contributed by atoms with E-state index in [0.29, 0.717) is 0 Å². The summed E-state index contributed by atoms with van der Waals surface area (Å²) in [5, 5.41) is 5.90. The van der Waals surface area contributed by atoms with Crippen LogP contribution in [0.4, 0.5) is 0 Å². The largest absolute Gasteiger partial charge is 0.353 e. The summed E-state index contributed by atoms with van der Waals surface area (Å²) in [4.78, 5) is 12.1. The van der Waals surface area contributed by atoms with Gasteiger partial charge in [-0.25, -0.2) is 13.1 Å². The van der Waals surface area contributed by atoms with Gasteiger partial charge in [-0.3, -0.25) is 4.79 Å². The van der Waals surface area contributed by atoms with E-state index >= 15 is 0 Å². The summed E-state index contributed by atoms with van der Waals surface area (Å²) in [7, 11) is -3.50. The quantitative estimate of drug-likeness (QED) is 0.659. The van der Waals surface area contributed by atoms with Crippen molar-refractivity contribution in [3.8, 4) is 0 Å². The maximum absolute atomic E-state index is 11.9. The van der Waals surface area contributed by atoms with Crippen LogP contribution >= 0.6 is 12.4 Å². The van der Waals surface area contributed by atoms with Gasteiger partial charge in [0.1, 0.15) is 0 Å². The van der Waals surface area contributed by atoms with Gasteiger partial charge >= 0.3 is 0 Å². The van der Waals surface area contributed by atoms with Gasteiger partial charge in [-0.15, -0.1) is 12.4 Å². The molecule has 0 bridgehead atoms. The molecule has 0 aliphatic carbocycles. The van der Waals surface area contributed by atoms with Crippen molar-refractivity contribution < 1.29 is 13.2 Å². The van der Waals surface area contributed by atoms with Crippen LogP contribution in [-0.2, 0) is 14.8 Å². The van der Waals surface area contributed by atoms with Gasteiger partial charge in [-0.05, 0) is 31.5 Å². The molecule has 3 N–H and O–H groups in total. The summed E-state index contributed by atoms with van der Waals surface area (Å²) >= 11 is 0. The third-order valence-corrected chi connectivity index (χ3v) is 4.87. The number of benzene rings is 1. The second-order valence-electron chi connectivity index (χ2n) is 5.00. The van der Waals surface area contributed by atoms with Crippen molar-refractivity contribution in [3.63, 3.8) is 0 Å². The van der Waals surface area contributed by atoms with Gasteiger partial charge in [-0.2, -0.15) is 0 Å². The maximum Gasteiger partial charge on any atom is 0.240 e. The Morgan fingerprint density at radius 3 is 2.55 bits per heavy atom. The molecule has 124 valence electrons. The first kappa shape index (κ1) is 18.9. The molecular formula is C14H22ClN3O3S. The number of hydrogen-bond donors (Lipinski definition) is 3. The highest BCUT2D eigenvalue weighted by atomic mass is 35.5. The smallest absolute Gasteiger partial charge is 0.240 e. The van der Waals surface area contributed by atoms with Crippen molar-refractivity contribution in [1.82, 2.24) is 15.4 Å². The first-order valence-corrected chi connectivity index (χ1v) is 8.64. The topological polar surface area (TPSA) is 87.3 Å². The number of nitrogens with one attached hydrogen (secondary N) is 3. The minimum atomic E-state index is -3.50. The zero-order valence-corrected chi connectivity index (χ0v) is 13.9. The van der Waals surface area contributed by atoms with Crippen LogP contribution in [0.3, 0.4) is 0 Å². The number of amides is 1. The second kappa shape index (κ2) is 9.09. The van der Waals surface area contributed by atoms with Crippen LogP contribution in [0.15, 0.2) is 35.2 Å². The van der Waals surface area contributed by atoms with Crippen LogP contribution in [0.5, 0.6) is 0 Å². The molecule has 1 aliphatic rings. The summed E-state index contributed by atoms with van der Waals surface area (Å²) in [6, 6.07) is 8.02. The Kier molecular flexibility index (Phi) is 7.81. The average Bonchev–Trinajstić information content (AvgIpc) is 2.53. The predicted molar refractivity (Wildman–Crippen MR) is 87.5 cm³/mol. The third kappa shape index (κ3) is 5.57. The maximum atomic E-state index is 11.9. The zero-order valence-electron chi connectivity index (χ0n) is 12.2. The lowest BCUT2D eigenvalue weighted by molar-refractivity contribution is -0.123. The predicted octanol–water partition coefficient (Wildman–Crippen LogP) is 0.645. The van der Waals surface area contributed by atoms with Gasteiger partial charge in [-0.1, -0.05) is 24.6 Å². The molecule has 22 heavy (non-hydrogen) atoms. The lowest BCUT2D eigenvalue weighted by atomic mass is 10.0. The fourth-order valence-electron chi connectivity index (χ4n) is 2.25. The minimum Gasteiger partial charge on any atom is -0.353 e. The van der Waals surface area contributed by atoms with Gasteiger partial charge in [0.25, 0.3) is 0 Å². The molecule has 1 atom stereocenters. The van der Waals surface area contributed by atoms with Crippen LogP contribution in [0, 0.1) is 0 Å². The second-order valence-corrected chi connectivity index (χ2v) is 6.77. The number of carbonyl (C=O) groups excluding carboxylic acids is 1. The molecule has 1 aromatic rings. The fourth-order valence-corrected chi connectivity index (χ4v) is 3.31. The third-order valence-electron chi connectivity index (χ3n) is 3.40. The van der Waals surface area contributed by atoms with Crippen molar-refractivity contribution in [2.45, 2.75) is 30.2 Å². The molecule has 6 nitrogen and oxygen atoms in total. The van der Waals surface area contributed by atoms with Crippen molar-refractivity contribution in [1.29, 1.82) is 0 Å². The molecular weight excluding hydrogens is 326 g/mol. The SMILES string of the molecule is Cl.O=C(NCCNS(=O)(=O)c1ccccc1)C1CCCCN1. The Bertz CT molecular complexity index is 560.